The van der Waals surface area contributed by atoms with Gasteiger partial charge in [0, 0.05) is 18.1 Å². The van der Waals surface area contributed by atoms with Crippen LogP contribution in [-0.2, 0) is 5.41 Å². The average Bonchev–Trinajstić information content (AvgIpc) is 2.31. The van der Waals surface area contributed by atoms with Crippen LogP contribution >= 0.6 is 15.9 Å². The number of aromatic nitrogens is 1. The molecular weight excluding hydrogens is 288 g/mol. The van der Waals surface area contributed by atoms with Gasteiger partial charge in [-0.05, 0) is 39.0 Å². The molecule has 18 heavy (non-hydrogen) atoms. The summed E-state index contributed by atoms with van der Waals surface area (Å²) in [6, 6.07) is 10.4. The molecule has 0 amide bonds. The van der Waals surface area contributed by atoms with E-state index in [4.69, 9.17) is 0 Å². The molecular formula is C15H17BrN2. The van der Waals surface area contributed by atoms with Crippen LogP contribution in [0.5, 0.6) is 0 Å². The Morgan fingerprint density at radius 1 is 1.06 bits per heavy atom. The number of hydrogen-bond donors (Lipinski definition) is 1. The summed E-state index contributed by atoms with van der Waals surface area (Å²) in [6.45, 7) is 6.65. The van der Waals surface area contributed by atoms with Crippen molar-refractivity contribution in [1.29, 1.82) is 0 Å². The minimum absolute atomic E-state index is 0.114. The van der Waals surface area contributed by atoms with Gasteiger partial charge in [0.15, 0.2) is 0 Å². The van der Waals surface area contributed by atoms with Crippen LogP contribution in [0.2, 0.25) is 0 Å². The van der Waals surface area contributed by atoms with E-state index >= 15 is 0 Å². The van der Waals surface area contributed by atoms with Gasteiger partial charge >= 0.3 is 0 Å². The second kappa shape index (κ2) is 5.11. The molecule has 3 heteroatoms. The van der Waals surface area contributed by atoms with E-state index in [2.05, 4.69) is 65.2 Å². The largest absolute Gasteiger partial charge is 0.354 e. The minimum atomic E-state index is 0.114. The fraction of sp³-hybridized carbons (Fsp3) is 0.267. The lowest BCUT2D eigenvalue weighted by atomic mass is 9.86. The Morgan fingerprint density at radius 3 is 2.44 bits per heavy atom. The van der Waals surface area contributed by atoms with Crippen molar-refractivity contribution >= 4 is 27.3 Å². The second-order valence-corrected chi connectivity index (χ2v) is 6.13. The Bertz CT molecular complexity index is 544. The van der Waals surface area contributed by atoms with Crippen molar-refractivity contribution in [2.45, 2.75) is 26.2 Å². The molecule has 0 radical (unpaired) electrons. The Balaban J connectivity index is 2.39. The zero-order valence-corrected chi connectivity index (χ0v) is 12.5. The number of rotatable bonds is 2. The standard InChI is InChI=1S/C15H17BrN2/c1-15(2,3)11-6-4-5-7-13(11)18-14-8-9-17-10-12(14)16/h4-10H,1-3H3,(H,17,18). The summed E-state index contributed by atoms with van der Waals surface area (Å²) in [5.74, 6) is 0. The first-order valence-corrected chi connectivity index (χ1v) is 6.74. The summed E-state index contributed by atoms with van der Waals surface area (Å²) in [4.78, 5) is 4.07. The van der Waals surface area contributed by atoms with Crippen LogP contribution in [0.1, 0.15) is 26.3 Å². The van der Waals surface area contributed by atoms with E-state index in [9.17, 15) is 0 Å². The molecule has 0 saturated heterocycles. The zero-order chi connectivity index (χ0) is 13.2. The molecule has 2 nitrogen and oxygen atoms in total. The van der Waals surface area contributed by atoms with Gasteiger partial charge in [0.2, 0.25) is 0 Å². The van der Waals surface area contributed by atoms with E-state index in [1.165, 1.54) is 5.56 Å². The summed E-state index contributed by atoms with van der Waals surface area (Å²) in [5.41, 5.74) is 3.58. The molecule has 2 rings (SSSR count). The van der Waals surface area contributed by atoms with E-state index in [1.807, 2.05) is 12.1 Å². The maximum Gasteiger partial charge on any atom is 0.0593 e. The monoisotopic (exact) mass is 304 g/mol. The maximum absolute atomic E-state index is 4.07. The molecule has 1 aromatic heterocycles. The minimum Gasteiger partial charge on any atom is -0.354 e. The van der Waals surface area contributed by atoms with Crippen molar-refractivity contribution in [3.63, 3.8) is 0 Å². The van der Waals surface area contributed by atoms with Gasteiger partial charge in [-0.3, -0.25) is 4.98 Å². The smallest absolute Gasteiger partial charge is 0.0593 e. The molecule has 0 saturated carbocycles. The van der Waals surface area contributed by atoms with Crippen LogP contribution in [0.4, 0.5) is 11.4 Å². The molecule has 0 aliphatic carbocycles. The van der Waals surface area contributed by atoms with Gasteiger partial charge in [-0.25, -0.2) is 0 Å². The van der Waals surface area contributed by atoms with Gasteiger partial charge in [0.1, 0.15) is 0 Å². The van der Waals surface area contributed by atoms with Crippen molar-refractivity contribution in [1.82, 2.24) is 4.98 Å². The first-order chi connectivity index (χ1) is 8.48. The van der Waals surface area contributed by atoms with E-state index in [1.54, 1.807) is 12.4 Å². The number of benzene rings is 1. The van der Waals surface area contributed by atoms with Crippen molar-refractivity contribution in [2.24, 2.45) is 0 Å². The van der Waals surface area contributed by atoms with E-state index in [-0.39, 0.29) is 5.41 Å². The first kappa shape index (κ1) is 13.1. The van der Waals surface area contributed by atoms with E-state index in [0.717, 1.165) is 15.8 Å². The molecule has 0 bridgehead atoms. The first-order valence-electron chi connectivity index (χ1n) is 5.94. The fourth-order valence-corrected chi connectivity index (χ4v) is 2.22. The number of halogens is 1. The van der Waals surface area contributed by atoms with Gasteiger partial charge in [-0.2, -0.15) is 0 Å². The Hall–Kier alpha value is -1.35. The van der Waals surface area contributed by atoms with Crippen LogP contribution in [0.25, 0.3) is 0 Å². The molecule has 0 unspecified atom stereocenters. The molecule has 94 valence electrons. The van der Waals surface area contributed by atoms with Crippen LogP contribution < -0.4 is 5.32 Å². The molecule has 1 N–H and O–H groups in total. The van der Waals surface area contributed by atoms with Crippen LogP contribution in [0, 0.1) is 0 Å². The summed E-state index contributed by atoms with van der Waals surface area (Å²) in [6.07, 6.45) is 3.58. The van der Waals surface area contributed by atoms with Crippen molar-refractivity contribution in [3.05, 3.63) is 52.8 Å². The highest BCUT2D eigenvalue weighted by Gasteiger charge is 2.17. The lowest BCUT2D eigenvalue weighted by molar-refractivity contribution is 0.592. The predicted octanol–water partition coefficient (Wildman–Crippen LogP) is 4.89. The summed E-state index contributed by atoms with van der Waals surface area (Å²) >= 11 is 3.50. The normalized spacial score (nSPS) is 11.3. The highest BCUT2D eigenvalue weighted by Crippen LogP contribution is 2.32. The van der Waals surface area contributed by atoms with Crippen LogP contribution in [0.15, 0.2) is 47.2 Å². The van der Waals surface area contributed by atoms with Crippen molar-refractivity contribution < 1.29 is 0 Å². The quantitative estimate of drug-likeness (QED) is 0.855. The Labute approximate surface area is 117 Å². The molecule has 0 spiro atoms. The molecule has 0 fully saturated rings. The molecule has 0 aliphatic heterocycles. The highest BCUT2D eigenvalue weighted by atomic mass is 79.9. The fourth-order valence-electron chi connectivity index (χ4n) is 1.87. The van der Waals surface area contributed by atoms with E-state index < -0.39 is 0 Å². The Kier molecular flexibility index (Phi) is 3.71. The van der Waals surface area contributed by atoms with Gasteiger partial charge in [0.05, 0.1) is 10.2 Å². The number of nitrogens with one attached hydrogen (secondary N) is 1. The number of nitrogens with zero attached hydrogens (tertiary/aromatic N) is 1. The topological polar surface area (TPSA) is 24.9 Å². The predicted molar refractivity (Wildman–Crippen MR) is 80.4 cm³/mol. The van der Waals surface area contributed by atoms with Crippen LogP contribution in [-0.4, -0.2) is 4.98 Å². The van der Waals surface area contributed by atoms with Gasteiger partial charge < -0.3 is 5.32 Å². The average molecular weight is 305 g/mol. The van der Waals surface area contributed by atoms with Gasteiger partial charge in [-0.15, -0.1) is 0 Å². The second-order valence-electron chi connectivity index (χ2n) is 5.28. The highest BCUT2D eigenvalue weighted by molar-refractivity contribution is 9.10. The van der Waals surface area contributed by atoms with Crippen molar-refractivity contribution in [2.75, 3.05) is 5.32 Å². The molecule has 0 atom stereocenters. The lowest BCUT2D eigenvalue weighted by Gasteiger charge is -2.23. The number of anilines is 2. The molecule has 1 aromatic carbocycles. The molecule has 0 aliphatic rings. The summed E-state index contributed by atoms with van der Waals surface area (Å²) in [7, 11) is 0. The third-order valence-electron chi connectivity index (χ3n) is 2.78. The van der Waals surface area contributed by atoms with Gasteiger partial charge in [-0.1, -0.05) is 39.0 Å². The van der Waals surface area contributed by atoms with E-state index in [0.29, 0.717) is 0 Å². The molecule has 1 heterocycles. The number of hydrogen-bond acceptors (Lipinski definition) is 2. The van der Waals surface area contributed by atoms with Gasteiger partial charge in [0.25, 0.3) is 0 Å². The molecule has 2 aromatic rings. The third kappa shape index (κ3) is 2.91. The number of para-hydroxylation sites is 1. The van der Waals surface area contributed by atoms with Crippen LogP contribution in [0.3, 0.4) is 0 Å². The summed E-state index contributed by atoms with van der Waals surface area (Å²) in [5, 5.41) is 3.46. The maximum atomic E-state index is 4.07. The zero-order valence-electron chi connectivity index (χ0n) is 10.9. The third-order valence-corrected chi connectivity index (χ3v) is 3.41. The Morgan fingerprint density at radius 2 is 1.78 bits per heavy atom. The lowest BCUT2D eigenvalue weighted by Crippen LogP contribution is -2.13. The summed E-state index contributed by atoms with van der Waals surface area (Å²) < 4.78 is 0.966. The number of pyridine rings is 1. The SMILES string of the molecule is CC(C)(C)c1ccccc1Nc1ccncc1Br. The van der Waals surface area contributed by atoms with Crippen molar-refractivity contribution in [3.8, 4) is 0 Å².